The minimum atomic E-state index is -0.462. The van der Waals surface area contributed by atoms with Crippen molar-refractivity contribution in [3.05, 3.63) is 23.9 Å². The van der Waals surface area contributed by atoms with Gasteiger partial charge < -0.3 is 16.8 Å². The molecule has 0 bridgehead atoms. The van der Waals surface area contributed by atoms with Gasteiger partial charge >= 0.3 is 0 Å². The Morgan fingerprint density at radius 1 is 1.40 bits per heavy atom. The molecular formula is C9H12N4O2. The van der Waals surface area contributed by atoms with Crippen LogP contribution in [-0.4, -0.2) is 23.3 Å². The van der Waals surface area contributed by atoms with Gasteiger partial charge in [-0.15, -0.1) is 0 Å². The van der Waals surface area contributed by atoms with Gasteiger partial charge in [0.1, 0.15) is 11.5 Å². The van der Waals surface area contributed by atoms with E-state index in [-0.39, 0.29) is 30.4 Å². The Morgan fingerprint density at radius 2 is 2.13 bits per heavy atom. The van der Waals surface area contributed by atoms with Crippen molar-refractivity contribution in [3.8, 4) is 0 Å². The highest BCUT2D eigenvalue weighted by atomic mass is 16.2. The van der Waals surface area contributed by atoms with E-state index in [1.165, 1.54) is 6.07 Å². The summed E-state index contributed by atoms with van der Waals surface area (Å²) in [5, 5.41) is 2.50. The van der Waals surface area contributed by atoms with Crippen LogP contribution in [0.5, 0.6) is 0 Å². The maximum Gasteiger partial charge on any atom is 0.269 e. The third-order valence-corrected chi connectivity index (χ3v) is 1.66. The Bertz CT molecular complexity index is 378. The monoisotopic (exact) mass is 208 g/mol. The number of anilines is 1. The number of hydrogen-bond donors (Lipinski definition) is 3. The van der Waals surface area contributed by atoms with Crippen LogP contribution in [0.4, 0.5) is 5.82 Å². The number of nitrogens with two attached hydrogens (primary N) is 2. The van der Waals surface area contributed by atoms with Crippen LogP contribution < -0.4 is 16.8 Å². The van der Waals surface area contributed by atoms with Crippen molar-refractivity contribution in [2.45, 2.75) is 6.42 Å². The first-order valence-electron chi connectivity index (χ1n) is 4.38. The van der Waals surface area contributed by atoms with Gasteiger partial charge in [0.25, 0.3) is 5.91 Å². The van der Waals surface area contributed by atoms with Gasteiger partial charge in [0, 0.05) is 13.0 Å². The molecule has 1 aromatic heterocycles. The number of carbonyl (C=O) groups is 2. The van der Waals surface area contributed by atoms with E-state index in [4.69, 9.17) is 11.5 Å². The van der Waals surface area contributed by atoms with Crippen LogP contribution in [-0.2, 0) is 4.79 Å². The van der Waals surface area contributed by atoms with Crippen molar-refractivity contribution in [3.63, 3.8) is 0 Å². The minimum Gasteiger partial charge on any atom is -0.384 e. The molecule has 0 unspecified atom stereocenters. The Labute approximate surface area is 86.7 Å². The lowest BCUT2D eigenvalue weighted by molar-refractivity contribution is -0.117. The molecule has 15 heavy (non-hydrogen) atoms. The second-order valence-corrected chi connectivity index (χ2v) is 2.92. The highest BCUT2D eigenvalue weighted by molar-refractivity contribution is 5.92. The van der Waals surface area contributed by atoms with Crippen molar-refractivity contribution in [2.24, 2.45) is 5.73 Å². The molecule has 0 fully saturated rings. The van der Waals surface area contributed by atoms with Gasteiger partial charge in [-0.1, -0.05) is 6.07 Å². The van der Waals surface area contributed by atoms with E-state index < -0.39 is 5.91 Å². The number of aromatic nitrogens is 1. The first-order chi connectivity index (χ1) is 7.09. The molecule has 0 aliphatic rings. The molecule has 1 heterocycles. The summed E-state index contributed by atoms with van der Waals surface area (Å²) in [6, 6.07) is 4.75. The average molecular weight is 208 g/mol. The molecule has 1 aromatic rings. The Balaban J connectivity index is 2.50. The zero-order valence-corrected chi connectivity index (χ0v) is 8.06. The van der Waals surface area contributed by atoms with E-state index in [9.17, 15) is 9.59 Å². The maximum absolute atomic E-state index is 11.4. The molecule has 0 saturated heterocycles. The molecule has 6 nitrogen and oxygen atoms in total. The molecule has 0 radical (unpaired) electrons. The van der Waals surface area contributed by atoms with Crippen LogP contribution in [0.15, 0.2) is 18.2 Å². The molecule has 0 aliphatic carbocycles. The van der Waals surface area contributed by atoms with E-state index in [2.05, 4.69) is 10.3 Å². The SMILES string of the molecule is NC(=O)CCNC(=O)c1cccc(N)n1. The van der Waals surface area contributed by atoms with Gasteiger partial charge in [0.2, 0.25) is 5.91 Å². The summed E-state index contributed by atoms with van der Waals surface area (Å²) < 4.78 is 0. The van der Waals surface area contributed by atoms with Crippen molar-refractivity contribution >= 4 is 17.6 Å². The lowest BCUT2D eigenvalue weighted by Crippen LogP contribution is -2.28. The van der Waals surface area contributed by atoms with Crippen LogP contribution in [0.3, 0.4) is 0 Å². The quantitative estimate of drug-likeness (QED) is 0.605. The Kier molecular flexibility index (Phi) is 3.61. The van der Waals surface area contributed by atoms with Gasteiger partial charge in [-0.2, -0.15) is 0 Å². The number of rotatable bonds is 4. The third-order valence-electron chi connectivity index (χ3n) is 1.66. The standard InChI is InChI=1S/C9H12N4O2/c10-7-3-1-2-6(13-7)9(15)12-5-4-8(11)14/h1-3H,4-5H2,(H2,10,13)(H2,11,14)(H,12,15). The van der Waals surface area contributed by atoms with E-state index in [0.29, 0.717) is 0 Å². The van der Waals surface area contributed by atoms with E-state index in [0.717, 1.165) is 0 Å². The number of amides is 2. The molecule has 0 aromatic carbocycles. The number of nitrogen functional groups attached to an aromatic ring is 1. The second-order valence-electron chi connectivity index (χ2n) is 2.92. The summed E-state index contributed by atoms with van der Waals surface area (Å²) in [6.07, 6.45) is 0.105. The van der Waals surface area contributed by atoms with Gasteiger partial charge in [-0.25, -0.2) is 4.98 Å². The number of hydrogen-bond acceptors (Lipinski definition) is 4. The fourth-order valence-corrected chi connectivity index (χ4v) is 0.968. The summed E-state index contributed by atoms with van der Waals surface area (Å²) in [4.78, 5) is 25.6. The molecular weight excluding hydrogens is 196 g/mol. The smallest absolute Gasteiger partial charge is 0.269 e. The molecule has 5 N–H and O–H groups in total. The van der Waals surface area contributed by atoms with Crippen LogP contribution in [0, 0.1) is 0 Å². The fraction of sp³-hybridized carbons (Fsp3) is 0.222. The highest BCUT2D eigenvalue weighted by Crippen LogP contribution is 1.99. The highest BCUT2D eigenvalue weighted by Gasteiger charge is 2.06. The molecule has 0 spiro atoms. The first-order valence-corrected chi connectivity index (χ1v) is 4.38. The van der Waals surface area contributed by atoms with Gasteiger partial charge in [-0.3, -0.25) is 9.59 Å². The Morgan fingerprint density at radius 3 is 2.73 bits per heavy atom. The maximum atomic E-state index is 11.4. The van der Waals surface area contributed by atoms with Gasteiger partial charge in [0.05, 0.1) is 0 Å². The molecule has 0 aliphatic heterocycles. The second kappa shape index (κ2) is 4.94. The number of nitrogens with zero attached hydrogens (tertiary/aromatic N) is 1. The zero-order chi connectivity index (χ0) is 11.3. The molecule has 0 atom stereocenters. The summed E-state index contributed by atoms with van der Waals surface area (Å²) in [5.74, 6) is -0.558. The van der Waals surface area contributed by atoms with Crippen molar-refractivity contribution in [1.29, 1.82) is 0 Å². The van der Waals surface area contributed by atoms with Crippen molar-refractivity contribution in [1.82, 2.24) is 10.3 Å². The lowest BCUT2D eigenvalue weighted by Gasteiger charge is -2.03. The summed E-state index contributed by atoms with van der Waals surface area (Å²) >= 11 is 0. The molecule has 6 heteroatoms. The normalized spacial score (nSPS) is 9.60. The summed E-state index contributed by atoms with van der Waals surface area (Å²) in [7, 11) is 0. The van der Waals surface area contributed by atoms with Crippen LogP contribution in [0.25, 0.3) is 0 Å². The van der Waals surface area contributed by atoms with Crippen molar-refractivity contribution in [2.75, 3.05) is 12.3 Å². The van der Waals surface area contributed by atoms with E-state index >= 15 is 0 Å². The number of primary amides is 1. The van der Waals surface area contributed by atoms with Crippen LogP contribution >= 0.6 is 0 Å². The fourth-order valence-electron chi connectivity index (χ4n) is 0.968. The van der Waals surface area contributed by atoms with E-state index in [1.807, 2.05) is 0 Å². The van der Waals surface area contributed by atoms with Gasteiger partial charge in [0.15, 0.2) is 0 Å². The molecule has 1 rings (SSSR count). The van der Waals surface area contributed by atoms with Crippen molar-refractivity contribution < 1.29 is 9.59 Å². The van der Waals surface area contributed by atoms with Crippen LogP contribution in [0.2, 0.25) is 0 Å². The zero-order valence-electron chi connectivity index (χ0n) is 8.06. The van der Waals surface area contributed by atoms with Gasteiger partial charge in [-0.05, 0) is 12.1 Å². The molecule has 2 amide bonds. The lowest BCUT2D eigenvalue weighted by atomic mass is 10.3. The Hall–Kier alpha value is -2.11. The average Bonchev–Trinajstić information content (AvgIpc) is 2.17. The number of carbonyl (C=O) groups excluding carboxylic acids is 2. The molecule has 0 saturated carbocycles. The number of nitrogens with one attached hydrogen (secondary N) is 1. The summed E-state index contributed by atoms with van der Waals surface area (Å²) in [5.41, 5.74) is 10.5. The summed E-state index contributed by atoms with van der Waals surface area (Å²) in [6.45, 7) is 0.199. The number of pyridine rings is 1. The molecule has 80 valence electrons. The van der Waals surface area contributed by atoms with Crippen LogP contribution in [0.1, 0.15) is 16.9 Å². The third kappa shape index (κ3) is 3.63. The minimum absolute atomic E-state index is 0.105. The first kappa shape index (κ1) is 11.0. The largest absolute Gasteiger partial charge is 0.384 e. The predicted molar refractivity (Wildman–Crippen MR) is 54.8 cm³/mol. The topological polar surface area (TPSA) is 111 Å². The predicted octanol–water partition coefficient (Wildman–Crippen LogP) is -0.731. The van der Waals surface area contributed by atoms with E-state index in [1.54, 1.807) is 12.1 Å².